The van der Waals surface area contributed by atoms with E-state index in [0.717, 1.165) is 30.0 Å². The molecule has 0 fully saturated rings. The Bertz CT molecular complexity index is 549. The van der Waals surface area contributed by atoms with Gasteiger partial charge in [-0.1, -0.05) is 12.2 Å². The summed E-state index contributed by atoms with van der Waals surface area (Å²) >= 11 is 4.92. The smallest absolute Gasteiger partial charge is 0.126 e. The Labute approximate surface area is 111 Å². The summed E-state index contributed by atoms with van der Waals surface area (Å²) in [5, 5.41) is 7.42. The molecule has 0 radical (unpaired) electrons. The summed E-state index contributed by atoms with van der Waals surface area (Å²) in [7, 11) is 0. The van der Waals surface area contributed by atoms with E-state index in [4.69, 9.17) is 18.0 Å². The molecule has 0 amide bonds. The summed E-state index contributed by atoms with van der Waals surface area (Å²) in [5.74, 6) is 0.768. The summed E-state index contributed by atoms with van der Waals surface area (Å²) in [6.07, 6.45) is 5.53. The molecule has 0 aliphatic rings. The van der Waals surface area contributed by atoms with Crippen molar-refractivity contribution in [2.75, 3.05) is 11.9 Å². The van der Waals surface area contributed by atoms with Crippen LogP contribution >= 0.6 is 12.2 Å². The van der Waals surface area contributed by atoms with E-state index in [1.165, 1.54) is 0 Å². The molecule has 0 unspecified atom stereocenters. The minimum Gasteiger partial charge on any atom is -0.389 e. The van der Waals surface area contributed by atoms with E-state index in [9.17, 15) is 0 Å². The molecule has 0 aliphatic heterocycles. The zero-order valence-corrected chi connectivity index (χ0v) is 10.9. The van der Waals surface area contributed by atoms with Gasteiger partial charge in [-0.15, -0.1) is 0 Å². The Kier molecular flexibility index (Phi) is 3.88. The number of hydrogen-bond donors (Lipinski definition) is 2. The summed E-state index contributed by atoms with van der Waals surface area (Å²) in [6.45, 7) is 3.55. The van der Waals surface area contributed by atoms with Gasteiger partial charge in [-0.05, 0) is 24.6 Å². The maximum Gasteiger partial charge on any atom is 0.126 e. The monoisotopic (exact) mass is 261 g/mol. The highest BCUT2D eigenvalue weighted by Crippen LogP contribution is 2.06. The van der Waals surface area contributed by atoms with Gasteiger partial charge in [-0.25, -0.2) is 4.98 Å². The van der Waals surface area contributed by atoms with E-state index < -0.39 is 0 Å². The maximum absolute atomic E-state index is 5.57. The topological polar surface area (TPSA) is 68.8 Å². The second kappa shape index (κ2) is 5.59. The maximum atomic E-state index is 5.57. The van der Waals surface area contributed by atoms with Crippen LogP contribution in [0.1, 0.15) is 11.1 Å². The Morgan fingerprint density at radius 1 is 1.56 bits per heavy atom. The molecule has 2 rings (SSSR count). The second-order valence-corrected chi connectivity index (χ2v) is 4.44. The number of aryl methyl sites for hydroxylation is 1. The molecule has 2 aromatic heterocycles. The van der Waals surface area contributed by atoms with Crippen LogP contribution in [0, 0.1) is 6.92 Å². The van der Waals surface area contributed by atoms with Crippen molar-refractivity contribution in [3.05, 3.63) is 41.9 Å². The van der Waals surface area contributed by atoms with Crippen LogP contribution in [0.2, 0.25) is 0 Å². The first kappa shape index (κ1) is 12.5. The van der Waals surface area contributed by atoms with Gasteiger partial charge in [-0.3, -0.25) is 4.68 Å². The lowest BCUT2D eigenvalue weighted by molar-refractivity contribution is 0.637. The SMILES string of the molecule is Cc1cnn(CCNc2cc(C(N)=S)ccn2)c1. The molecule has 0 aliphatic carbocycles. The van der Waals surface area contributed by atoms with Crippen LogP contribution in [0.4, 0.5) is 5.82 Å². The molecule has 2 heterocycles. The highest BCUT2D eigenvalue weighted by Gasteiger charge is 1.99. The molecule has 2 aromatic rings. The van der Waals surface area contributed by atoms with Crippen molar-refractivity contribution in [3.63, 3.8) is 0 Å². The van der Waals surface area contributed by atoms with Crippen molar-refractivity contribution in [1.29, 1.82) is 0 Å². The highest BCUT2D eigenvalue weighted by atomic mass is 32.1. The third-order valence-electron chi connectivity index (χ3n) is 2.45. The number of hydrogen-bond acceptors (Lipinski definition) is 4. The van der Waals surface area contributed by atoms with Crippen LogP contribution in [0.5, 0.6) is 0 Å². The minimum atomic E-state index is 0.378. The zero-order chi connectivity index (χ0) is 13.0. The van der Waals surface area contributed by atoms with Gasteiger partial charge in [0.2, 0.25) is 0 Å². The van der Waals surface area contributed by atoms with E-state index in [2.05, 4.69) is 15.4 Å². The van der Waals surface area contributed by atoms with Crippen LogP contribution in [0.15, 0.2) is 30.7 Å². The van der Waals surface area contributed by atoms with Crippen LogP contribution in [-0.2, 0) is 6.54 Å². The number of nitrogens with zero attached hydrogens (tertiary/aromatic N) is 3. The molecule has 0 spiro atoms. The van der Waals surface area contributed by atoms with Crippen molar-refractivity contribution in [2.24, 2.45) is 5.73 Å². The third-order valence-corrected chi connectivity index (χ3v) is 2.69. The standard InChI is InChI=1S/C12H15N5S/c1-9-7-16-17(8-9)5-4-15-11-6-10(12(13)18)2-3-14-11/h2-3,6-8H,4-5H2,1H3,(H2,13,18)(H,14,15). The number of anilines is 1. The summed E-state index contributed by atoms with van der Waals surface area (Å²) in [5.41, 5.74) is 7.54. The summed E-state index contributed by atoms with van der Waals surface area (Å²) in [6, 6.07) is 3.64. The van der Waals surface area contributed by atoms with Crippen LogP contribution in [0.25, 0.3) is 0 Å². The second-order valence-electron chi connectivity index (χ2n) is 4.00. The third kappa shape index (κ3) is 3.27. The Hall–Kier alpha value is -1.95. The molecular weight excluding hydrogens is 246 g/mol. The van der Waals surface area contributed by atoms with Gasteiger partial charge in [0.1, 0.15) is 10.8 Å². The predicted octanol–water partition coefficient (Wildman–Crippen LogP) is 1.33. The number of pyridine rings is 1. The van der Waals surface area contributed by atoms with Gasteiger partial charge in [0.15, 0.2) is 0 Å². The quantitative estimate of drug-likeness (QED) is 0.795. The van der Waals surface area contributed by atoms with E-state index in [1.54, 1.807) is 12.3 Å². The Balaban J connectivity index is 1.90. The molecule has 94 valence electrons. The van der Waals surface area contributed by atoms with E-state index in [1.807, 2.05) is 30.1 Å². The lowest BCUT2D eigenvalue weighted by Gasteiger charge is -2.07. The van der Waals surface area contributed by atoms with Crippen LogP contribution in [0.3, 0.4) is 0 Å². The van der Waals surface area contributed by atoms with Gasteiger partial charge in [-0.2, -0.15) is 5.10 Å². The normalized spacial score (nSPS) is 10.3. The van der Waals surface area contributed by atoms with E-state index in [-0.39, 0.29) is 0 Å². The number of nitrogens with one attached hydrogen (secondary N) is 1. The first-order valence-corrected chi connectivity index (χ1v) is 6.05. The van der Waals surface area contributed by atoms with Crippen LogP contribution in [-0.4, -0.2) is 26.3 Å². The number of nitrogens with two attached hydrogens (primary N) is 1. The van der Waals surface area contributed by atoms with Crippen LogP contribution < -0.4 is 11.1 Å². The van der Waals surface area contributed by atoms with Gasteiger partial charge in [0.25, 0.3) is 0 Å². The number of thiocarbonyl (C=S) groups is 1. The van der Waals surface area contributed by atoms with E-state index in [0.29, 0.717) is 4.99 Å². The molecule has 0 bridgehead atoms. The minimum absolute atomic E-state index is 0.378. The fraction of sp³-hybridized carbons (Fsp3) is 0.250. The van der Waals surface area contributed by atoms with Gasteiger partial charge in [0.05, 0.1) is 12.7 Å². The highest BCUT2D eigenvalue weighted by molar-refractivity contribution is 7.80. The van der Waals surface area contributed by atoms with Gasteiger partial charge in [0, 0.05) is 24.5 Å². The van der Waals surface area contributed by atoms with Crippen molar-refractivity contribution < 1.29 is 0 Å². The summed E-state index contributed by atoms with van der Waals surface area (Å²) in [4.78, 5) is 4.58. The Morgan fingerprint density at radius 2 is 2.39 bits per heavy atom. The van der Waals surface area contributed by atoms with Crippen molar-refractivity contribution in [3.8, 4) is 0 Å². The first-order valence-electron chi connectivity index (χ1n) is 5.64. The summed E-state index contributed by atoms with van der Waals surface area (Å²) < 4.78 is 1.89. The molecule has 0 aromatic carbocycles. The molecular formula is C12H15N5S. The fourth-order valence-corrected chi connectivity index (χ4v) is 1.70. The first-order chi connectivity index (χ1) is 8.65. The number of aromatic nitrogens is 3. The average molecular weight is 261 g/mol. The van der Waals surface area contributed by atoms with Gasteiger partial charge >= 0.3 is 0 Å². The molecule has 5 nitrogen and oxygen atoms in total. The molecule has 18 heavy (non-hydrogen) atoms. The zero-order valence-electron chi connectivity index (χ0n) is 10.1. The number of rotatable bonds is 5. The Morgan fingerprint density at radius 3 is 3.06 bits per heavy atom. The molecule has 3 N–H and O–H groups in total. The van der Waals surface area contributed by atoms with Crippen molar-refractivity contribution >= 4 is 23.0 Å². The lowest BCUT2D eigenvalue weighted by Crippen LogP contribution is -2.13. The van der Waals surface area contributed by atoms with Crippen molar-refractivity contribution in [1.82, 2.24) is 14.8 Å². The molecule has 0 saturated carbocycles. The lowest BCUT2D eigenvalue weighted by atomic mass is 10.2. The predicted molar refractivity (Wildman–Crippen MR) is 75.6 cm³/mol. The average Bonchev–Trinajstić information content (AvgIpc) is 2.75. The van der Waals surface area contributed by atoms with E-state index >= 15 is 0 Å². The molecule has 6 heteroatoms. The van der Waals surface area contributed by atoms with Gasteiger partial charge < -0.3 is 11.1 Å². The molecule has 0 atom stereocenters. The van der Waals surface area contributed by atoms with Crippen molar-refractivity contribution in [2.45, 2.75) is 13.5 Å². The fourth-order valence-electron chi connectivity index (χ4n) is 1.57. The molecule has 0 saturated heterocycles. The largest absolute Gasteiger partial charge is 0.389 e.